The second-order valence-electron chi connectivity index (χ2n) is 6.28. The fraction of sp³-hybridized carbons (Fsp3) is 0.278. The molecule has 1 fully saturated rings. The number of halogens is 1. The van der Waals surface area contributed by atoms with Crippen molar-refractivity contribution in [1.29, 1.82) is 0 Å². The number of piperazine rings is 1. The van der Waals surface area contributed by atoms with Gasteiger partial charge in [-0.25, -0.2) is 8.42 Å². The molecule has 4 rings (SSSR count). The third-order valence-corrected chi connectivity index (χ3v) is 6.31. The number of sulfone groups is 1. The minimum absolute atomic E-state index is 0. The highest BCUT2D eigenvalue weighted by atomic mass is 35.5. The second kappa shape index (κ2) is 7.26. The molecule has 8 heteroatoms. The lowest BCUT2D eigenvalue weighted by Crippen LogP contribution is -2.43. The number of benzene rings is 2. The van der Waals surface area contributed by atoms with Gasteiger partial charge >= 0.3 is 0 Å². The van der Waals surface area contributed by atoms with Crippen LogP contribution in [0, 0.1) is 6.92 Å². The number of anilines is 1. The van der Waals surface area contributed by atoms with E-state index in [1.54, 1.807) is 12.1 Å². The van der Waals surface area contributed by atoms with E-state index >= 15 is 0 Å². The average Bonchev–Trinajstić information content (AvgIpc) is 3.08. The van der Waals surface area contributed by atoms with Crippen LogP contribution in [0.4, 0.5) is 5.69 Å². The summed E-state index contributed by atoms with van der Waals surface area (Å²) in [6.45, 7) is 5.38. The molecular weight excluding hydrogens is 372 g/mol. The van der Waals surface area contributed by atoms with Crippen LogP contribution in [0.2, 0.25) is 0 Å². The first kappa shape index (κ1) is 18.7. The molecule has 2 N–H and O–H groups in total. The number of H-pyrrole nitrogens is 1. The summed E-state index contributed by atoms with van der Waals surface area (Å²) in [5.41, 5.74) is 2.61. The zero-order chi connectivity index (χ0) is 17.4. The van der Waals surface area contributed by atoms with Crippen molar-refractivity contribution >= 4 is 38.8 Å². The van der Waals surface area contributed by atoms with Crippen molar-refractivity contribution in [3.8, 4) is 0 Å². The molecule has 1 aliphatic heterocycles. The number of rotatable bonds is 3. The van der Waals surface area contributed by atoms with E-state index in [4.69, 9.17) is 0 Å². The van der Waals surface area contributed by atoms with Gasteiger partial charge in [0, 0.05) is 31.9 Å². The van der Waals surface area contributed by atoms with Crippen molar-refractivity contribution in [3.63, 3.8) is 0 Å². The van der Waals surface area contributed by atoms with Crippen molar-refractivity contribution in [2.75, 3.05) is 31.1 Å². The van der Waals surface area contributed by atoms with Crippen LogP contribution < -0.4 is 10.2 Å². The Morgan fingerprint density at radius 2 is 1.73 bits per heavy atom. The summed E-state index contributed by atoms with van der Waals surface area (Å²) in [4.78, 5) is 2.49. The Hall–Kier alpha value is -2.09. The molecule has 0 atom stereocenters. The van der Waals surface area contributed by atoms with Gasteiger partial charge < -0.3 is 10.2 Å². The van der Waals surface area contributed by atoms with Gasteiger partial charge in [0.15, 0.2) is 5.03 Å². The van der Waals surface area contributed by atoms with E-state index in [0.717, 1.165) is 37.4 Å². The normalized spacial score (nSPS) is 15.0. The summed E-state index contributed by atoms with van der Waals surface area (Å²) in [6.07, 6.45) is 0. The van der Waals surface area contributed by atoms with E-state index in [1.165, 1.54) is 0 Å². The Morgan fingerprint density at radius 3 is 2.42 bits per heavy atom. The van der Waals surface area contributed by atoms with Crippen molar-refractivity contribution in [3.05, 3.63) is 48.0 Å². The Kier molecular flexibility index (Phi) is 5.22. The van der Waals surface area contributed by atoms with Gasteiger partial charge in [-0.05, 0) is 31.2 Å². The first-order chi connectivity index (χ1) is 12.1. The smallest absolute Gasteiger partial charge is 0.223 e. The highest BCUT2D eigenvalue weighted by Gasteiger charge is 2.26. The number of nitrogens with zero attached hydrogens (tertiary/aromatic N) is 2. The van der Waals surface area contributed by atoms with Crippen LogP contribution in [0.3, 0.4) is 0 Å². The third kappa shape index (κ3) is 3.18. The van der Waals surface area contributed by atoms with Crippen LogP contribution in [0.15, 0.2) is 52.4 Å². The van der Waals surface area contributed by atoms with E-state index in [1.807, 2.05) is 37.3 Å². The number of fused-ring (bicyclic) bond motifs is 1. The van der Waals surface area contributed by atoms with Gasteiger partial charge in [0.05, 0.1) is 15.8 Å². The lowest BCUT2D eigenvalue weighted by Gasteiger charge is -2.30. The molecule has 0 saturated carbocycles. The van der Waals surface area contributed by atoms with E-state index in [-0.39, 0.29) is 22.3 Å². The minimum Gasteiger partial charge on any atom is -0.368 e. The number of hydrogen-bond donors (Lipinski definition) is 2. The zero-order valence-electron chi connectivity index (χ0n) is 14.4. The molecule has 0 unspecified atom stereocenters. The summed E-state index contributed by atoms with van der Waals surface area (Å²) >= 11 is 0. The third-order valence-electron chi connectivity index (χ3n) is 4.58. The molecular formula is C18H21ClN4O2S. The van der Waals surface area contributed by atoms with Gasteiger partial charge in [0.1, 0.15) is 0 Å². The Morgan fingerprint density at radius 1 is 1.04 bits per heavy atom. The van der Waals surface area contributed by atoms with Crippen LogP contribution in [-0.2, 0) is 9.84 Å². The quantitative estimate of drug-likeness (QED) is 0.716. The summed E-state index contributed by atoms with van der Waals surface area (Å²) < 4.78 is 26.3. The Balaban J connectivity index is 0.00000196. The fourth-order valence-electron chi connectivity index (χ4n) is 3.22. The molecule has 1 aromatic heterocycles. The molecule has 1 aliphatic rings. The molecule has 1 saturated heterocycles. The first-order valence-corrected chi connectivity index (χ1v) is 9.80. The molecule has 2 aromatic carbocycles. The Bertz CT molecular complexity index is 1010. The SMILES string of the molecule is Cc1ccc(S(=O)(=O)c2[nH]nc3cccc(N4CCNCC4)c23)cc1.Cl. The topological polar surface area (TPSA) is 78.1 Å². The highest BCUT2D eigenvalue weighted by Crippen LogP contribution is 2.33. The predicted octanol–water partition coefficient (Wildman–Crippen LogP) is 2.54. The summed E-state index contributed by atoms with van der Waals surface area (Å²) in [5, 5.41) is 11.2. The van der Waals surface area contributed by atoms with Gasteiger partial charge in [0.2, 0.25) is 9.84 Å². The lowest BCUT2D eigenvalue weighted by molar-refractivity contribution is 0.588. The van der Waals surface area contributed by atoms with Crippen molar-refractivity contribution in [1.82, 2.24) is 15.5 Å². The molecule has 0 amide bonds. The lowest BCUT2D eigenvalue weighted by atomic mass is 10.2. The maximum atomic E-state index is 13.2. The van der Waals surface area contributed by atoms with Crippen LogP contribution in [0.25, 0.3) is 10.9 Å². The van der Waals surface area contributed by atoms with Crippen LogP contribution in [-0.4, -0.2) is 44.8 Å². The molecule has 0 radical (unpaired) electrons. The molecule has 0 spiro atoms. The largest absolute Gasteiger partial charge is 0.368 e. The number of aryl methyl sites for hydroxylation is 1. The molecule has 0 aliphatic carbocycles. The molecule has 26 heavy (non-hydrogen) atoms. The molecule has 0 bridgehead atoms. The maximum absolute atomic E-state index is 13.2. The summed E-state index contributed by atoms with van der Waals surface area (Å²) in [7, 11) is -3.66. The second-order valence-corrected chi connectivity index (χ2v) is 8.16. The molecule has 138 valence electrons. The fourth-order valence-corrected chi connectivity index (χ4v) is 4.59. The average molecular weight is 393 g/mol. The maximum Gasteiger partial charge on any atom is 0.223 e. The standard InChI is InChI=1S/C18H20N4O2S.ClH/c1-13-5-7-14(8-6-13)25(23,24)18-17-15(20-21-18)3-2-4-16(17)22-11-9-19-10-12-22;/h2-8,19H,9-12H2,1H3,(H,20,21);1H. The first-order valence-electron chi connectivity index (χ1n) is 8.32. The zero-order valence-corrected chi connectivity index (χ0v) is 16.0. The monoisotopic (exact) mass is 392 g/mol. The molecule has 2 heterocycles. The van der Waals surface area contributed by atoms with Crippen molar-refractivity contribution in [2.24, 2.45) is 0 Å². The van der Waals surface area contributed by atoms with Crippen LogP contribution >= 0.6 is 12.4 Å². The van der Waals surface area contributed by atoms with Gasteiger partial charge in [-0.3, -0.25) is 5.10 Å². The van der Waals surface area contributed by atoms with Gasteiger partial charge in [-0.2, -0.15) is 5.10 Å². The number of aromatic nitrogens is 2. The predicted molar refractivity (Wildman–Crippen MR) is 105 cm³/mol. The Labute approximate surface area is 158 Å². The van der Waals surface area contributed by atoms with Crippen molar-refractivity contribution < 1.29 is 8.42 Å². The molecule has 6 nitrogen and oxygen atoms in total. The van der Waals surface area contributed by atoms with Crippen molar-refractivity contribution in [2.45, 2.75) is 16.8 Å². The van der Waals surface area contributed by atoms with Gasteiger partial charge in [0.25, 0.3) is 0 Å². The van der Waals surface area contributed by atoms with Gasteiger partial charge in [-0.15, -0.1) is 12.4 Å². The number of hydrogen-bond acceptors (Lipinski definition) is 5. The summed E-state index contributed by atoms with van der Waals surface area (Å²) in [5.74, 6) is 0. The van der Waals surface area contributed by atoms with E-state index < -0.39 is 9.84 Å². The summed E-state index contributed by atoms with van der Waals surface area (Å²) in [6, 6.07) is 12.6. The van der Waals surface area contributed by atoms with Crippen LogP contribution in [0.5, 0.6) is 0 Å². The van der Waals surface area contributed by atoms with Crippen LogP contribution in [0.1, 0.15) is 5.56 Å². The van der Waals surface area contributed by atoms with E-state index in [0.29, 0.717) is 10.9 Å². The molecule has 3 aromatic rings. The minimum atomic E-state index is -3.66. The van der Waals surface area contributed by atoms with E-state index in [9.17, 15) is 8.42 Å². The highest BCUT2D eigenvalue weighted by molar-refractivity contribution is 7.91. The number of nitrogens with one attached hydrogen (secondary N) is 2. The van der Waals surface area contributed by atoms with E-state index in [2.05, 4.69) is 20.4 Å². The number of aromatic amines is 1. The van der Waals surface area contributed by atoms with Gasteiger partial charge in [-0.1, -0.05) is 23.8 Å².